The van der Waals surface area contributed by atoms with Gasteiger partial charge in [-0.3, -0.25) is 9.36 Å². The first kappa shape index (κ1) is 14.2. The number of fused-ring (bicyclic) bond motifs is 1. The van der Waals surface area contributed by atoms with Crippen LogP contribution in [0.4, 0.5) is 0 Å². The fourth-order valence-electron chi connectivity index (χ4n) is 2.15. The molecule has 0 amide bonds. The lowest BCUT2D eigenvalue weighted by Gasteiger charge is -2.19. The SMILES string of the molecule is C[C@H](CCCC(C)(C)O)n1cnc2sccc2c1=O. The van der Waals surface area contributed by atoms with E-state index in [2.05, 4.69) is 4.98 Å². The van der Waals surface area contributed by atoms with E-state index >= 15 is 0 Å². The normalized spacial score (nSPS) is 13.9. The molecular formula is C14H20N2O2S. The predicted octanol–water partition coefficient (Wildman–Crippen LogP) is 2.96. The van der Waals surface area contributed by atoms with E-state index in [1.165, 1.54) is 11.3 Å². The first-order valence-corrected chi connectivity index (χ1v) is 7.43. The molecule has 0 bridgehead atoms. The maximum atomic E-state index is 12.3. The molecule has 1 atom stereocenters. The van der Waals surface area contributed by atoms with Crippen LogP contribution in [0.1, 0.15) is 46.1 Å². The Morgan fingerprint density at radius 3 is 2.95 bits per heavy atom. The van der Waals surface area contributed by atoms with Crippen LogP contribution in [0.2, 0.25) is 0 Å². The minimum atomic E-state index is -0.639. The maximum Gasteiger partial charge on any atom is 0.262 e. The van der Waals surface area contributed by atoms with E-state index in [4.69, 9.17) is 0 Å². The molecule has 0 saturated heterocycles. The van der Waals surface area contributed by atoms with E-state index in [9.17, 15) is 9.90 Å². The summed E-state index contributed by atoms with van der Waals surface area (Å²) in [5.41, 5.74) is -0.609. The number of aliphatic hydroxyl groups is 1. The van der Waals surface area contributed by atoms with Crippen LogP contribution in [0, 0.1) is 0 Å². The number of nitrogens with zero attached hydrogens (tertiary/aromatic N) is 2. The summed E-state index contributed by atoms with van der Waals surface area (Å²) in [6, 6.07) is 1.93. The van der Waals surface area contributed by atoms with Gasteiger partial charge in [0.2, 0.25) is 0 Å². The zero-order chi connectivity index (χ0) is 14.0. The minimum absolute atomic E-state index is 0.0296. The van der Waals surface area contributed by atoms with Crippen molar-refractivity contribution in [1.82, 2.24) is 9.55 Å². The van der Waals surface area contributed by atoms with Crippen LogP contribution in [0.15, 0.2) is 22.6 Å². The molecule has 2 aromatic rings. The summed E-state index contributed by atoms with van der Waals surface area (Å²) in [7, 11) is 0. The molecule has 0 aliphatic carbocycles. The Balaban J connectivity index is 2.11. The number of hydrogen-bond donors (Lipinski definition) is 1. The van der Waals surface area contributed by atoms with Crippen LogP contribution in [0.3, 0.4) is 0 Å². The van der Waals surface area contributed by atoms with E-state index in [1.54, 1.807) is 10.9 Å². The average molecular weight is 280 g/mol. The highest BCUT2D eigenvalue weighted by molar-refractivity contribution is 7.16. The lowest BCUT2D eigenvalue weighted by molar-refractivity contribution is 0.0671. The molecule has 104 valence electrons. The number of rotatable bonds is 5. The van der Waals surface area contributed by atoms with Gasteiger partial charge in [-0.2, -0.15) is 0 Å². The molecule has 0 aliphatic rings. The first-order valence-electron chi connectivity index (χ1n) is 6.55. The van der Waals surface area contributed by atoms with Gasteiger partial charge in [0.25, 0.3) is 5.56 Å². The highest BCUT2D eigenvalue weighted by Gasteiger charge is 2.15. The van der Waals surface area contributed by atoms with Crippen LogP contribution >= 0.6 is 11.3 Å². The fraction of sp³-hybridized carbons (Fsp3) is 0.571. The molecule has 0 unspecified atom stereocenters. The second-order valence-electron chi connectivity index (χ2n) is 5.65. The summed E-state index contributed by atoms with van der Waals surface area (Å²) < 4.78 is 1.69. The molecule has 0 radical (unpaired) electrons. The molecular weight excluding hydrogens is 260 g/mol. The van der Waals surface area contributed by atoms with Gasteiger partial charge in [0.15, 0.2) is 0 Å². The van der Waals surface area contributed by atoms with Crippen molar-refractivity contribution >= 4 is 21.6 Å². The molecule has 0 fully saturated rings. The third-order valence-electron chi connectivity index (χ3n) is 3.29. The highest BCUT2D eigenvalue weighted by Crippen LogP contribution is 2.19. The fourth-order valence-corrected chi connectivity index (χ4v) is 2.88. The molecule has 1 N–H and O–H groups in total. The van der Waals surface area contributed by atoms with E-state index in [-0.39, 0.29) is 11.6 Å². The zero-order valence-electron chi connectivity index (χ0n) is 11.6. The van der Waals surface area contributed by atoms with Gasteiger partial charge in [-0.1, -0.05) is 0 Å². The average Bonchev–Trinajstić information content (AvgIpc) is 2.76. The van der Waals surface area contributed by atoms with Crippen molar-refractivity contribution in [1.29, 1.82) is 0 Å². The maximum absolute atomic E-state index is 12.3. The standard InChI is InChI=1S/C14H20N2O2S/c1-10(5-4-7-14(2,3)18)16-9-15-12-11(13(16)17)6-8-19-12/h6,8-10,18H,4-5,7H2,1-3H3/t10-/m1/s1. The predicted molar refractivity (Wildman–Crippen MR) is 78.7 cm³/mol. The smallest absolute Gasteiger partial charge is 0.262 e. The Kier molecular flexibility index (Phi) is 4.06. The summed E-state index contributed by atoms with van der Waals surface area (Å²) in [4.78, 5) is 17.4. The zero-order valence-corrected chi connectivity index (χ0v) is 12.4. The minimum Gasteiger partial charge on any atom is -0.390 e. The molecule has 19 heavy (non-hydrogen) atoms. The lowest BCUT2D eigenvalue weighted by Crippen LogP contribution is -2.24. The summed E-state index contributed by atoms with van der Waals surface area (Å²) >= 11 is 1.49. The van der Waals surface area contributed by atoms with Crippen molar-refractivity contribution in [3.63, 3.8) is 0 Å². The molecule has 4 nitrogen and oxygen atoms in total. The van der Waals surface area contributed by atoms with E-state index < -0.39 is 5.60 Å². The van der Waals surface area contributed by atoms with Gasteiger partial charge in [-0.05, 0) is 51.5 Å². The second-order valence-corrected chi connectivity index (χ2v) is 6.54. The molecule has 0 aromatic carbocycles. The van der Waals surface area contributed by atoms with Gasteiger partial charge in [-0.15, -0.1) is 11.3 Å². The number of aromatic nitrogens is 2. The van der Waals surface area contributed by atoms with Crippen LogP contribution in [0.25, 0.3) is 10.2 Å². The van der Waals surface area contributed by atoms with Crippen molar-refractivity contribution in [2.45, 2.75) is 51.7 Å². The van der Waals surface area contributed by atoms with Crippen LogP contribution in [-0.2, 0) is 0 Å². The molecule has 2 heterocycles. The lowest BCUT2D eigenvalue weighted by atomic mass is 10.00. The largest absolute Gasteiger partial charge is 0.390 e. The molecule has 0 aliphatic heterocycles. The van der Waals surface area contributed by atoms with Gasteiger partial charge >= 0.3 is 0 Å². The molecule has 0 spiro atoms. The summed E-state index contributed by atoms with van der Waals surface area (Å²) in [6.45, 7) is 5.64. The summed E-state index contributed by atoms with van der Waals surface area (Å²) in [5, 5.41) is 12.3. The quantitative estimate of drug-likeness (QED) is 0.916. The Morgan fingerprint density at radius 2 is 2.26 bits per heavy atom. The van der Waals surface area contributed by atoms with Gasteiger partial charge in [0, 0.05) is 6.04 Å². The van der Waals surface area contributed by atoms with Crippen LogP contribution in [-0.4, -0.2) is 20.3 Å². The highest BCUT2D eigenvalue weighted by atomic mass is 32.1. The van der Waals surface area contributed by atoms with Gasteiger partial charge < -0.3 is 5.11 Å². The topological polar surface area (TPSA) is 55.1 Å². The molecule has 2 aromatic heterocycles. The van der Waals surface area contributed by atoms with E-state index in [0.29, 0.717) is 5.39 Å². The van der Waals surface area contributed by atoms with Crippen molar-refractivity contribution in [3.8, 4) is 0 Å². The van der Waals surface area contributed by atoms with Crippen LogP contribution < -0.4 is 5.56 Å². The van der Waals surface area contributed by atoms with Crippen molar-refractivity contribution in [2.24, 2.45) is 0 Å². The first-order chi connectivity index (χ1) is 8.88. The van der Waals surface area contributed by atoms with Crippen molar-refractivity contribution in [2.75, 3.05) is 0 Å². The van der Waals surface area contributed by atoms with Gasteiger partial charge in [0.1, 0.15) is 4.83 Å². The molecule has 5 heteroatoms. The second kappa shape index (κ2) is 5.43. The van der Waals surface area contributed by atoms with E-state index in [0.717, 1.165) is 24.1 Å². The third-order valence-corrected chi connectivity index (χ3v) is 4.12. The summed E-state index contributed by atoms with van der Waals surface area (Å²) in [6.07, 6.45) is 4.12. The van der Waals surface area contributed by atoms with Crippen LogP contribution in [0.5, 0.6) is 0 Å². The Hall–Kier alpha value is -1.20. The van der Waals surface area contributed by atoms with Crippen molar-refractivity contribution < 1.29 is 5.11 Å². The Labute approximate surface area is 116 Å². The monoisotopic (exact) mass is 280 g/mol. The van der Waals surface area contributed by atoms with Gasteiger partial charge in [-0.25, -0.2) is 4.98 Å². The Morgan fingerprint density at radius 1 is 1.53 bits per heavy atom. The van der Waals surface area contributed by atoms with E-state index in [1.807, 2.05) is 32.2 Å². The third kappa shape index (κ3) is 3.42. The molecule has 2 rings (SSSR count). The number of thiophene rings is 1. The van der Waals surface area contributed by atoms with Gasteiger partial charge in [0.05, 0.1) is 17.3 Å². The summed E-state index contributed by atoms with van der Waals surface area (Å²) in [5.74, 6) is 0. The van der Waals surface area contributed by atoms with Crippen molar-refractivity contribution in [3.05, 3.63) is 28.1 Å². The number of hydrogen-bond acceptors (Lipinski definition) is 4. The molecule has 0 saturated carbocycles. The Bertz CT molecular complexity index is 610.